The summed E-state index contributed by atoms with van der Waals surface area (Å²) in [4.78, 5) is 0. The van der Waals surface area contributed by atoms with Crippen molar-refractivity contribution in [2.24, 2.45) is 5.92 Å². The van der Waals surface area contributed by atoms with Gasteiger partial charge in [-0.15, -0.1) is 0 Å². The van der Waals surface area contributed by atoms with E-state index in [0.29, 0.717) is 11.2 Å². The molecule has 0 rings (SSSR count). The molecule has 2 atom stereocenters. The zero-order valence-electron chi connectivity index (χ0n) is 6.88. The second-order valence-corrected chi connectivity index (χ2v) is 3.37. The molecular weight excluding hydrogens is 144 g/mol. The van der Waals surface area contributed by atoms with Gasteiger partial charge in [0.15, 0.2) is 0 Å². The highest BCUT2D eigenvalue weighted by atomic mass is 32.1. The molecule has 0 spiro atoms. The van der Waals surface area contributed by atoms with Gasteiger partial charge in [-0.25, -0.2) is 0 Å². The molecule has 0 heterocycles. The molecule has 0 aromatic rings. The third-order valence-electron chi connectivity index (χ3n) is 1.89. The van der Waals surface area contributed by atoms with Crippen molar-refractivity contribution in [3.8, 4) is 0 Å². The van der Waals surface area contributed by atoms with Crippen molar-refractivity contribution in [2.45, 2.75) is 38.4 Å². The summed E-state index contributed by atoms with van der Waals surface area (Å²) in [6, 6.07) is 0. The minimum absolute atomic E-state index is 0.282. The molecule has 2 unspecified atom stereocenters. The Hall–Kier alpha value is 0.310. The third-order valence-corrected chi connectivity index (χ3v) is 2.57. The number of hydrogen-bond acceptors (Lipinski definition) is 2. The maximum Gasteiger partial charge on any atom is 0.0469 e. The van der Waals surface area contributed by atoms with Gasteiger partial charge in [0.1, 0.15) is 0 Å². The Balaban J connectivity index is 3.53. The number of aliphatic hydroxyl groups excluding tert-OH is 1. The monoisotopic (exact) mass is 162 g/mol. The molecule has 0 saturated carbocycles. The first-order chi connectivity index (χ1) is 4.76. The largest absolute Gasteiger partial charge is 0.396 e. The fraction of sp³-hybridized carbons (Fsp3) is 1.00. The summed E-state index contributed by atoms with van der Waals surface area (Å²) in [5, 5.41) is 9.26. The number of rotatable bonds is 5. The highest BCUT2D eigenvalue weighted by Gasteiger charge is 2.13. The minimum atomic E-state index is 0.282. The van der Waals surface area contributed by atoms with Gasteiger partial charge in [0.05, 0.1) is 0 Å². The van der Waals surface area contributed by atoms with E-state index >= 15 is 0 Å². The Bertz CT molecular complexity index is 71.7. The van der Waals surface area contributed by atoms with Gasteiger partial charge in [-0.1, -0.05) is 26.7 Å². The van der Waals surface area contributed by atoms with Crippen LogP contribution in [0.3, 0.4) is 0 Å². The van der Waals surface area contributed by atoms with Gasteiger partial charge in [-0.3, -0.25) is 0 Å². The maximum atomic E-state index is 8.87. The number of aliphatic hydroxyl groups is 1. The van der Waals surface area contributed by atoms with E-state index in [1.54, 1.807) is 0 Å². The molecule has 0 saturated heterocycles. The molecule has 0 amide bonds. The molecule has 10 heavy (non-hydrogen) atoms. The lowest BCUT2D eigenvalue weighted by Gasteiger charge is -2.18. The maximum absolute atomic E-state index is 8.87. The first kappa shape index (κ1) is 10.3. The Labute approximate surface area is 69.2 Å². The predicted octanol–water partition coefficient (Wildman–Crippen LogP) is 2.10. The third kappa shape index (κ3) is 3.47. The van der Waals surface area contributed by atoms with Crippen LogP contribution in [0.4, 0.5) is 0 Å². The molecule has 0 radical (unpaired) electrons. The van der Waals surface area contributed by atoms with E-state index in [4.69, 9.17) is 5.11 Å². The van der Waals surface area contributed by atoms with Gasteiger partial charge < -0.3 is 5.11 Å². The molecule has 0 fully saturated rings. The van der Waals surface area contributed by atoms with Gasteiger partial charge >= 0.3 is 0 Å². The van der Waals surface area contributed by atoms with E-state index in [1.807, 2.05) is 0 Å². The van der Waals surface area contributed by atoms with Gasteiger partial charge in [0.2, 0.25) is 0 Å². The van der Waals surface area contributed by atoms with E-state index in [0.717, 1.165) is 19.3 Å². The van der Waals surface area contributed by atoms with E-state index in [-0.39, 0.29) is 6.61 Å². The molecule has 0 bridgehead atoms. The fourth-order valence-electron chi connectivity index (χ4n) is 1.05. The molecule has 2 heteroatoms. The van der Waals surface area contributed by atoms with E-state index in [9.17, 15) is 0 Å². The van der Waals surface area contributed by atoms with Crippen LogP contribution in [-0.2, 0) is 0 Å². The van der Waals surface area contributed by atoms with E-state index in [1.165, 1.54) is 0 Å². The van der Waals surface area contributed by atoms with Crippen molar-refractivity contribution in [2.75, 3.05) is 6.61 Å². The van der Waals surface area contributed by atoms with Gasteiger partial charge in [-0.2, -0.15) is 12.6 Å². The van der Waals surface area contributed by atoms with Crippen molar-refractivity contribution in [3.63, 3.8) is 0 Å². The highest BCUT2D eigenvalue weighted by molar-refractivity contribution is 7.81. The molecule has 0 aromatic carbocycles. The Morgan fingerprint density at radius 2 is 2.00 bits per heavy atom. The summed E-state index contributed by atoms with van der Waals surface area (Å²) in [5.74, 6) is 0.392. The molecule has 62 valence electrons. The second-order valence-electron chi connectivity index (χ2n) is 2.71. The van der Waals surface area contributed by atoms with Crippen molar-refractivity contribution in [3.05, 3.63) is 0 Å². The van der Waals surface area contributed by atoms with Crippen molar-refractivity contribution < 1.29 is 5.11 Å². The van der Waals surface area contributed by atoms with E-state index in [2.05, 4.69) is 26.5 Å². The summed E-state index contributed by atoms with van der Waals surface area (Å²) in [5.41, 5.74) is 0. The lowest BCUT2D eigenvalue weighted by atomic mass is 10.00. The SMILES string of the molecule is CCCC(S)C(CC)CO. The van der Waals surface area contributed by atoms with E-state index < -0.39 is 0 Å². The lowest BCUT2D eigenvalue weighted by Crippen LogP contribution is -2.17. The first-order valence-corrected chi connectivity index (χ1v) is 4.56. The Morgan fingerprint density at radius 1 is 1.40 bits per heavy atom. The summed E-state index contributed by atoms with van der Waals surface area (Å²) < 4.78 is 0. The molecule has 0 aromatic heterocycles. The van der Waals surface area contributed by atoms with Crippen LogP contribution in [0, 0.1) is 5.92 Å². The fourth-order valence-corrected chi connectivity index (χ4v) is 1.62. The molecule has 1 N–H and O–H groups in total. The highest BCUT2D eigenvalue weighted by Crippen LogP contribution is 2.18. The van der Waals surface area contributed by atoms with Gasteiger partial charge in [0.25, 0.3) is 0 Å². The number of thiol groups is 1. The quantitative estimate of drug-likeness (QED) is 0.593. The van der Waals surface area contributed by atoms with Crippen LogP contribution in [0.25, 0.3) is 0 Å². The zero-order valence-corrected chi connectivity index (χ0v) is 7.77. The minimum Gasteiger partial charge on any atom is -0.396 e. The lowest BCUT2D eigenvalue weighted by molar-refractivity contribution is 0.217. The average molecular weight is 162 g/mol. The smallest absolute Gasteiger partial charge is 0.0469 e. The normalized spacial score (nSPS) is 16.8. The van der Waals surface area contributed by atoms with Gasteiger partial charge in [0, 0.05) is 11.9 Å². The van der Waals surface area contributed by atoms with Gasteiger partial charge in [-0.05, 0) is 12.3 Å². The van der Waals surface area contributed by atoms with Crippen LogP contribution < -0.4 is 0 Å². The molecule has 0 aliphatic carbocycles. The summed E-state index contributed by atoms with van der Waals surface area (Å²) in [6.45, 7) is 4.53. The first-order valence-electron chi connectivity index (χ1n) is 4.05. The number of hydrogen-bond donors (Lipinski definition) is 2. The molecule has 1 nitrogen and oxygen atoms in total. The predicted molar refractivity (Wildman–Crippen MR) is 48.5 cm³/mol. The van der Waals surface area contributed by atoms with Crippen LogP contribution in [0.15, 0.2) is 0 Å². The zero-order chi connectivity index (χ0) is 7.98. The topological polar surface area (TPSA) is 20.2 Å². The molecular formula is C8H18OS. The average Bonchev–Trinajstić information content (AvgIpc) is 1.91. The van der Waals surface area contributed by atoms with Crippen molar-refractivity contribution in [1.82, 2.24) is 0 Å². The van der Waals surface area contributed by atoms with Crippen LogP contribution in [-0.4, -0.2) is 17.0 Å². The molecule has 0 aliphatic heterocycles. The summed E-state index contributed by atoms with van der Waals surface area (Å²) >= 11 is 4.41. The second kappa shape index (κ2) is 6.05. The summed E-state index contributed by atoms with van der Waals surface area (Å²) in [6.07, 6.45) is 3.30. The van der Waals surface area contributed by atoms with Crippen molar-refractivity contribution in [1.29, 1.82) is 0 Å². The van der Waals surface area contributed by atoms with Crippen LogP contribution in [0.2, 0.25) is 0 Å². The van der Waals surface area contributed by atoms with Crippen LogP contribution in [0.1, 0.15) is 33.1 Å². The Morgan fingerprint density at radius 3 is 2.30 bits per heavy atom. The van der Waals surface area contributed by atoms with Crippen LogP contribution >= 0.6 is 12.6 Å². The van der Waals surface area contributed by atoms with Crippen LogP contribution in [0.5, 0.6) is 0 Å². The molecule has 0 aliphatic rings. The Kier molecular flexibility index (Phi) is 6.24. The summed E-state index contributed by atoms with van der Waals surface area (Å²) in [7, 11) is 0. The standard InChI is InChI=1S/C8H18OS/c1-3-5-8(10)7(4-2)6-9/h7-10H,3-6H2,1-2H3. The van der Waals surface area contributed by atoms with Crippen molar-refractivity contribution >= 4 is 12.6 Å².